The van der Waals surface area contributed by atoms with E-state index in [1.54, 1.807) is 6.20 Å². The van der Waals surface area contributed by atoms with Gasteiger partial charge in [-0.05, 0) is 46.4 Å². The van der Waals surface area contributed by atoms with Gasteiger partial charge < -0.3 is 10.6 Å². The summed E-state index contributed by atoms with van der Waals surface area (Å²) in [4.78, 5) is 17.8. The average Bonchev–Trinajstić information content (AvgIpc) is 3.09. The van der Waals surface area contributed by atoms with Gasteiger partial charge in [-0.2, -0.15) is 5.10 Å². The highest BCUT2D eigenvalue weighted by atomic mass is 35.5. The summed E-state index contributed by atoms with van der Waals surface area (Å²) in [5.41, 5.74) is 4.27. The minimum atomic E-state index is -0.109. The lowest BCUT2D eigenvalue weighted by Gasteiger charge is -2.14. The Balaban J connectivity index is 0.00000210. The number of carbonyl (C=O) groups is 1. The van der Waals surface area contributed by atoms with E-state index in [1.165, 1.54) is 0 Å². The van der Waals surface area contributed by atoms with E-state index in [4.69, 9.17) is 4.98 Å². The Hall–Kier alpha value is -2.15. The number of halogens is 2. The van der Waals surface area contributed by atoms with E-state index in [0.717, 1.165) is 27.9 Å². The highest BCUT2D eigenvalue weighted by Crippen LogP contribution is 2.28. The van der Waals surface area contributed by atoms with Crippen molar-refractivity contribution >= 4 is 41.8 Å². The lowest BCUT2D eigenvalue weighted by atomic mass is 10.0. The van der Waals surface area contributed by atoms with Crippen LogP contribution in [0.4, 0.5) is 0 Å². The molecule has 1 unspecified atom stereocenters. The van der Waals surface area contributed by atoms with Crippen LogP contribution in [0.25, 0.3) is 22.3 Å². The molecule has 0 spiro atoms. The van der Waals surface area contributed by atoms with Gasteiger partial charge in [-0.1, -0.05) is 24.3 Å². The van der Waals surface area contributed by atoms with Crippen molar-refractivity contribution in [3.63, 3.8) is 0 Å². The molecule has 0 bridgehead atoms. The molecule has 1 aromatic carbocycles. The number of amides is 1. The number of likely N-dealkylation sites (N-methyl/N-ethyl adjacent to an activating group) is 1. The lowest BCUT2D eigenvalue weighted by Crippen LogP contribution is -2.37. The zero-order chi connectivity index (χ0) is 19.6. The summed E-state index contributed by atoms with van der Waals surface area (Å²) in [7, 11) is 1.88. The standard InChI is InChI=1S/C21H27N5O.2ClH/c1-13(2)26-20-18(12-24-26)17(21(27)23-11-15(4)22-5)10-19(25-20)16-9-7-6-8-14(16)3;;/h6-10,12-13,15,22H,11H2,1-5H3,(H,23,27);2*1H. The van der Waals surface area contributed by atoms with E-state index in [-0.39, 0.29) is 42.8 Å². The Morgan fingerprint density at radius 3 is 2.48 bits per heavy atom. The van der Waals surface area contributed by atoms with E-state index in [1.807, 2.05) is 42.9 Å². The number of benzene rings is 1. The van der Waals surface area contributed by atoms with Crippen molar-refractivity contribution in [3.05, 3.63) is 47.7 Å². The third-order valence-electron chi connectivity index (χ3n) is 4.78. The average molecular weight is 438 g/mol. The molecular weight excluding hydrogens is 409 g/mol. The van der Waals surface area contributed by atoms with Crippen LogP contribution in [0.2, 0.25) is 0 Å². The van der Waals surface area contributed by atoms with Crippen LogP contribution < -0.4 is 10.6 Å². The fourth-order valence-corrected chi connectivity index (χ4v) is 3.03. The van der Waals surface area contributed by atoms with Gasteiger partial charge in [0.05, 0.1) is 22.8 Å². The molecule has 1 amide bonds. The first kappa shape index (κ1) is 24.9. The van der Waals surface area contributed by atoms with Crippen LogP contribution in [0, 0.1) is 6.92 Å². The summed E-state index contributed by atoms with van der Waals surface area (Å²) in [6.07, 6.45) is 1.74. The van der Waals surface area contributed by atoms with Crippen molar-refractivity contribution in [2.24, 2.45) is 0 Å². The predicted octanol–water partition coefficient (Wildman–Crippen LogP) is 4.17. The second kappa shape index (κ2) is 10.6. The largest absolute Gasteiger partial charge is 0.350 e. The number of fused-ring (bicyclic) bond motifs is 1. The molecule has 0 aliphatic carbocycles. The maximum atomic E-state index is 12.9. The van der Waals surface area contributed by atoms with Crippen molar-refractivity contribution in [1.82, 2.24) is 25.4 Å². The molecular formula is C21H29Cl2N5O. The number of aromatic nitrogens is 3. The maximum Gasteiger partial charge on any atom is 0.252 e. The Labute approximate surface area is 184 Å². The Morgan fingerprint density at radius 2 is 1.86 bits per heavy atom. The van der Waals surface area contributed by atoms with E-state index < -0.39 is 0 Å². The topological polar surface area (TPSA) is 71.8 Å². The smallest absolute Gasteiger partial charge is 0.252 e. The summed E-state index contributed by atoms with van der Waals surface area (Å²) in [5, 5.41) is 11.4. The first-order valence-corrected chi connectivity index (χ1v) is 9.32. The van der Waals surface area contributed by atoms with Crippen molar-refractivity contribution in [2.75, 3.05) is 13.6 Å². The number of nitrogens with one attached hydrogen (secondary N) is 2. The van der Waals surface area contributed by atoms with Gasteiger partial charge in [-0.25, -0.2) is 9.67 Å². The zero-order valence-corrected chi connectivity index (χ0v) is 19.0. The number of carbonyl (C=O) groups excluding carboxylic acids is 1. The highest BCUT2D eigenvalue weighted by molar-refractivity contribution is 6.06. The van der Waals surface area contributed by atoms with Crippen LogP contribution >= 0.6 is 24.8 Å². The van der Waals surface area contributed by atoms with Crippen molar-refractivity contribution in [3.8, 4) is 11.3 Å². The van der Waals surface area contributed by atoms with Gasteiger partial charge in [-0.15, -0.1) is 24.8 Å². The predicted molar refractivity (Wildman–Crippen MR) is 123 cm³/mol. The van der Waals surface area contributed by atoms with Gasteiger partial charge in [-0.3, -0.25) is 4.79 Å². The van der Waals surface area contributed by atoms with Crippen molar-refractivity contribution in [2.45, 2.75) is 39.8 Å². The molecule has 0 saturated heterocycles. The van der Waals surface area contributed by atoms with Gasteiger partial charge in [0.1, 0.15) is 0 Å². The summed E-state index contributed by atoms with van der Waals surface area (Å²) < 4.78 is 1.87. The Kier molecular flexibility index (Phi) is 9.08. The fourth-order valence-electron chi connectivity index (χ4n) is 3.03. The molecule has 158 valence electrons. The normalized spacial score (nSPS) is 11.7. The van der Waals surface area contributed by atoms with Crippen LogP contribution in [-0.2, 0) is 0 Å². The highest BCUT2D eigenvalue weighted by Gasteiger charge is 2.19. The number of nitrogens with zero attached hydrogens (tertiary/aromatic N) is 3. The molecule has 6 nitrogen and oxygen atoms in total. The van der Waals surface area contributed by atoms with E-state index >= 15 is 0 Å². The van der Waals surface area contributed by atoms with Crippen molar-refractivity contribution < 1.29 is 4.79 Å². The molecule has 8 heteroatoms. The van der Waals surface area contributed by atoms with Crippen LogP contribution in [-0.4, -0.2) is 40.3 Å². The zero-order valence-electron chi connectivity index (χ0n) is 17.4. The van der Waals surface area contributed by atoms with Gasteiger partial charge in [0.25, 0.3) is 5.91 Å². The molecule has 3 rings (SSSR count). The minimum absolute atomic E-state index is 0. The Morgan fingerprint density at radius 1 is 1.17 bits per heavy atom. The summed E-state index contributed by atoms with van der Waals surface area (Å²) in [6, 6.07) is 10.3. The molecule has 0 aliphatic heterocycles. The molecule has 0 fully saturated rings. The monoisotopic (exact) mass is 437 g/mol. The van der Waals surface area contributed by atoms with E-state index in [0.29, 0.717) is 12.1 Å². The number of aryl methyl sites for hydroxylation is 1. The Bertz CT molecular complexity index is 971. The molecule has 2 heterocycles. The third kappa shape index (κ3) is 5.26. The van der Waals surface area contributed by atoms with Crippen LogP contribution in [0.3, 0.4) is 0 Å². The van der Waals surface area contributed by atoms with E-state index in [9.17, 15) is 4.79 Å². The van der Waals surface area contributed by atoms with Gasteiger partial charge in [0, 0.05) is 24.2 Å². The molecule has 0 aliphatic rings. The van der Waals surface area contributed by atoms with Crippen molar-refractivity contribution in [1.29, 1.82) is 0 Å². The third-order valence-corrected chi connectivity index (χ3v) is 4.78. The molecule has 2 aromatic heterocycles. The summed E-state index contributed by atoms with van der Waals surface area (Å²) >= 11 is 0. The van der Waals surface area contributed by atoms with Crippen LogP contribution in [0.5, 0.6) is 0 Å². The fraction of sp³-hybridized carbons (Fsp3) is 0.381. The number of hydrogen-bond donors (Lipinski definition) is 2. The van der Waals surface area contributed by atoms with Gasteiger partial charge >= 0.3 is 0 Å². The maximum absolute atomic E-state index is 12.9. The SMILES string of the molecule is CNC(C)CNC(=O)c1cc(-c2ccccc2C)nc2c1cnn2C(C)C.Cl.Cl. The summed E-state index contributed by atoms with van der Waals surface area (Å²) in [6.45, 7) is 8.75. The molecule has 1 atom stereocenters. The summed E-state index contributed by atoms with van der Waals surface area (Å²) in [5.74, 6) is -0.109. The van der Waals surface area contributed by atoms with Gasteiger partial charge in [0.2, 0.25) is 0 Å². The first-order chi connectivity index (χ1) is 12.9. The lowest BCUT2D eigenvalue weighted by molar-refractivity contribution is 0.0952. The second-order valence-electron chi connectivity index (χ2n) is 7.19. The molecule has 0 saturated carbocycles. The number of rotatable bonds is 6. The first-order valence-electron chi connectivity index (χ1n) is 9.32. The molecule has 3 aromatic rings. The molecule has 2 N–H and O–H groups in total. The van der Waals surface area contributed by atoms with Gasteiger partial charge in [0.15, 0.2) is 5.65 Å². The van der Waals surface area contributed by atoms with Crippen LogP contribution in [0.1, 0.15) is 42.7 Å². The van der Waals surface area contributed by atoms with Crippen LogP contribution in [0.15, 0.2) is 36.5 Å². The second-order valence-corrected chi connectivity index (χ2v) is 7.19. The quantitative estimate of drug-likeness (QED) is 0.606. The van der Waals surface area contributed by atoms with E-state index in [2.05, 4.69) is 42.6 Å². The molecule has 0 radical (unpaired) electrons. The minimum Gasteiger partial charge on any atom is -0.350 e. The number of hydrogen-bond acceptors (Lipinski definition) is 4. The molecule has 29 heavy (non-hydrogen) atoms. The number of pyridine rings is 1.